The third-order valence-corrected chi connectivity index (χ3v) is 7.55. The zero-order valence-corrected chi connectivity index (χ0v) is 18.5. The van der Waals surface area contributed by atoms with Gasteiger partial charge in [-0.3, -0.25) is 0 Å². The van der Waals surface area contributed by atoms with Gasteiger partial charge in [-0.2, -0.15) is 0 Å². The second-order valence-electron chi connectivity index (χ2n) is 7.64. The predicted molar refractivity (Wildman–Crippen MR) is 118 cm³/mol. The molecule has 0 atom stereocenters. The summed E-state index contributed by atoms with van der Waals surface area (Å²) in [7, 11) is 0.279. The maximum absolute atomic E-state index is 12.4. The molecular formula is C23H26O6Si. The van der Waals surface area contributed by atoms with Crippen molar-refractivity contribution in [2.75, 3.05) is 13.7 Å². The molecule has 0 bridgehead atoms. The van der Waals surface area contributed by atoms with Crippen molar-refractivity contribution < 1.29 is 23.1 Å². The lowest BCUT2D eigenvalue weighted by Gasteiger charge is -2.19. The zero-order chi connectivity index (χ0) is 21.6. The van der Waals surface area contributed by atoms with Crippen LogP contribution in [-0.4, -0.2) is 28.0 Å². The highest BCUT2D eigenvalue weighted by atomic mass is 28.4. The van der Waals surface area contributed by atoms with E-state index in [1.54, 1.807) is 49.6 Å². The summed E-state index contributed by atoms with van der Waals surface area (Å²) >= 11 is 0. The lowest BCUT2D eigenvalue weighted by Crippen LogP contribution is -2.28. The van der Waals surface area contributed by atoms with E-state index in [2.05, 4.69) is 13.1 Å². The second kappa shape index (κ2) is 9.73. The van der Waals surface area contributed by atoms with E-state index in [9.17, 15) is 9.59 Å². The lowest BCUT2D eigenvalue weighted by molar-refractivity contribution is 0.0735. The molecular weight excluding hydrogens is 400 g/mol. The molecule has 0 N–H and O–H groups in total. The molecule has 0 aliphatic rings. The fourth-order valence-corrected chi connectivity index (χ4v) is 4.21. The Hall–Kier alpha value is -2.90. The maximum Gasteiger partial charge on any atom is 0.343 e. The van der Waals surface area contributed by atoms with Crippen LogP contribution in [0.5, 0.6) is 11.5 Å². The van der Waals surface area contributed by atoms with E-state index in [4.69, 9.17) is 18.3 Å². The molecule has 3 aromatic rings. The van der Waals surface area contributed by atoms with Gasteiger partial charge >= 0.3 is 11.6 Å². The fourth-order valence-electron chi connectivity index (χ4n) is 2.90. The van der Waals surface area contributed by atoms with Gasteiger partial charge in [-0.05, 0) is 68.0 Å². The third-order valence-electron chi connectivity index (χ3n) is 4.89. The Labute approximate surface area is 176 Å². The average Bonchev–Trinajstić information content (AvgIpc) is 2.73. The van der Waals surface area contributed by atoms with Gasteiger partial charge in [0.2, 0.25) is 0 Å². The van der Waals surface area contributed by atoms with E-state index in [0.29, 0.717) is 29.3 Å². The summed E-state index contributed by atoms with van der Waals surface area (Å²) < 4.78 is 21.8. The van der Waals surface area contributed by atoms with Crippen LogP contribution in [0.15, 0.2) is 63.8 Å². The molecule has 0 saturated carbocycles. The van der Waals surface area contributed by atoms with Gasteiger partial charge in [-0.1, -0.05) is 6.42 Å². The predicted octanol–water partition coefficient (Wildman–Crippen LogP) is 5.02. The molecule has 0 saturated heterocycles. The van der Waals surface area contributed by atoms with Crippen molar-refractivity contribution in [1.82, 2.24) is 0 Å². The van der Waals surface area contributed by atoms with Crippen molar-refractivity contribution in [3.63, 3.8) is 0 Å². The van der Waals surface area contributed by atoms with Crippen LogP contribution in [0.25, 0.3) is 11.0 Å². The molecule has 1 aromatic heterocycles. The Morgan fingerprint density at radius 3 is 2.40 bits per heavy atom. The number of carbonyl (C=O) groups is 1. The van der Waals surface area contributed by atoms with E-state index in [-0.39, 0.29) is 0 Å². The van der Waals surface area contributed by atoms with Gasteiger partial charge < -0.3 is 18.3 Å². The van der Waals surface area contributed by atoms with Gasteiger partial charge in [-0.15, -0.1) is 0 Å². The molecule has 6 nitrogen and oxygen atoms in total. The minimum atomic E-state index is -1.51. The van der Waals surface area contributed by atoms with Crippen LogP contribution in [-0.2, 0) is 4.43 Å². The van der Waals surface area contributed by atoms with Crippen LogP contribution < -0.4 is 15.1 Å². The lowest BCUT2D eigenvalue weighted by atomic mass is 10.2. The quantitative estimate of drug-likeness (QED) is 0.157. The molecule has 0 spiro atoms. The van der Waals surface area contributed by atoms with Crippen molar-refractivity contribution in [3.8, 4) is 11.5 Å². The third kappa shape index (κ3) is 6.05. The minimum absolute atomic E-state index is 0.310. The van der Waals surface area contributed by atoms with Crippen molar-refractivity contribution >= 4 is 25.3 Å². The Morgan fingerprint density at radius 2 is 1.67 bits per heavy atom. The molecule has 2 aromatic carbocycles. The van der Waals surface area contributed by atoms with Gasteiger partial charge in [0.25, 0.3) is 0 Å². The van der Waals surface area contributed by atoms with Crippen LogP contribution in [0.4, 0.5) is 0 Å². The minimum Gasteiger partial charge on any atom is -0.494 e. The van der Waals surface area contributed by atoms with Crippen LogP contribution in [0.3, 0.4) is 0 Å². The molecule has 3 rings (SSSR count). The number of unbranched alkanes of at least 4 members (excludes halogenated alkanes) is 1. The highest BCUT2D eigenvalue weighted by molar-refractivity contribution is 6.71. The Balaban J connectivity index is 1.52. The largest absolute Gasteiger partial charge is 0.494 e. The first-order chi connectivity index (χ1) is 14.4. The number of benzene rings is 2. The summed E-state index contributed by atoms with van der Waals surface area (Å²) in [6.07, 6.45) is 2.03. The molecule has 1 heterocycles. The number of hydrogen-bond donors (Lipinski definition) is 0. The number of rotatable bonds is 9. The van der Waals surface area contributed by atoms with Gasteiger partial charge in [0.05, 0.1) is 12.2 Å². The van der Waals surface area contributed by atoms with Crippen LogP contribution in [0.1, 0.15) is 23.2 Å². The van der Waals surface area contributed by atoms with Crippen LogP contribution >= 0.6 is 0 Å². The van der Waals surface area contributed by atoms with Crippen molar-refractivity contribution in [2.24, 2.45) is 0 Å². The van der Waals surface area contributed by atoms with Crippen molar-refractivity contribution in [1.29, 1.82) is 0 Å². The van der Waals surface area contributed by atoms with Crippen molar-refractivity contribution in [3.05, 3.63) is 70.6 Å². The van der Waals surface area contributed by atoms with E-state index in [0.717, 1.165) is 24.3 Å². The van der Waals surface area contributed by atoms with Crippen molar-refractivity contribution in [2.45, 2.75) is 32.0 Å². The number of esters is 1. The number of hydrogen-bond acceptors (Lipinski definition) is 6. The molecule has 0 aliphatic carbocycles. The molecule has 0 aliphatic heterocycles. The van der Waals surface area contributed by atoms with Gasteiger partial charge in [0, 0.05) is 24.6 Å². The van der Waals surface area contributed by atoms with Crippen LogP contribution in [0.2, 0.25) is 19.1 Å². The Kier molecular flexibility index (Phi) is 7.07. The monoisotopic (exact) mass is 426 g/mol. The standard InChI is InChI=1S/C23H26O6Si/c1-26-30(2,3)15-5-4-14-27-19-10-7-18(8-11-19)23(25)28-20-12-6-17-9-13-22(24)29-21(17)16-20/h6-13,16H,4-5,14-15H2,1-3H3. The number of carbonyl (C=O) groups excluding carboxylic acids is 1. The number of ether oxygens (including phenoxy) is 2. The summed E-state index contributed by atoms with van der Waals surface area (Å²) in [5.41, 5.74) is 0.323. The molecule has 158 valence electrons. The number of fused-ring (bicyclic) bond motifs is 1. The van der Waals surface area contributed by atoms with E-state index in [1.807, 2.05) is 0 Å². The first kappa shape index (κ1) is 21.8. The molecule has 0 unspecified atom stereocenters. The average molecular weight is 427 g/mol. The highest BCUT2D eigenvalue weighted by Crippen LogP contribution is 2.21. The van der Waals surface area contributed by atoms with E-state index < -0.39 is 19.9 Å². The summed E-state index contributed by atoms with van der Waals surface area (Å²) in [5.74, 6) is 0.526. The second-order valence-corrected chi connectivity index (χ2v) is 12.1. The fraction of sp³-hybridized carbons (Fsp3) is 0.304. The first-order valence-electron chi connectivity index (χ1n) is 9.90. The van der Waals surface area contributed by atoms with Gasteiger partial charge in [-0.25, -0.2) is 9.59 Å². The molecule has 30 heavy (non-hydrogen) atoms. The molecule has 0 amide bonds. The van der Waals surface area contributed by atoms with E-state index >= 15 is 0 Å². The summed E-state index contributed by atoms with van der Waals surface area (Å²) in [6.45, 7) is 5.04. The maximum atomic E-state index is 12.4. The SMILES string of the molecule is CO[Si](C)(C)CCCCOc1ccc(C(=O)Oc2ccc3ccc(=O)oc3c2)cc1. The zero-order valence-electron chi connectivity index (χ0n) is 17.5. The summed E-state index contributed by atoms with van der Waals surface area (Å²) in [5, 5.41) is 0.754. The summed E-state index contributed by atoms with van der Waals surface area (Å²) in [6, 6.07) is 15.9. The normalized spacial score (nSPS) is 11.4. The smallest absolute Gasteiger partial charge is 0.343 e. The molecule has 7 heteroatoms. The summed E-state index contributed by atoms with van der Waals surface area (Å²) in [4.78, 5) is 23.7. The topological polar surface area (TPSA) is 75.0 Å². The molecule has 0 fully saturated rings. The van der Waals surface area contributed by atoms with Gasteiger partial charge in [0.1, 0.15) is 17.1 Å². The first-order valence-corrected chi connectivity index (χ1v) is 13.0. The van der Waals surface area contributed by atoms with E-state index in [1.165, 1.54) is 12.1 Å². The highest BCUT2D eigenvalue weighted by Gasteiger charge is 2.19. The molecule has 0 radical (unpaired) electrons. The van der Waals surface area contributed by atoms with Gasteiger partial charge in [0.15, 0.2) is 8.32 Å². The Morgan fingerprint density at radius 1 is 0.967 bits per heavy atom. The van der Waals surface area contributed by atoms with Crippen LogP contribution in [0, 0.1) is 0 Å². The Bertz CT molecular complexity index is 1060.